The van der Waals surface area contributed by atoms with Crippen molar-refractivity contribution in [1.29, 1.82) is 0 Å². The Hall–Kier alpha value is -1.62. The number of phenolic OH excluding ortho intramolecular Hbond substituents is 1. The van der Waals surface area contributed by atoms with E-state index in [1.807, 2.05) is 13.0 Å². The SMILES string of the molecule is Cc1cc2c(cc1O)CCN(C(=O)C1(F)CCOCC1)C2. The maximum Gasteiger partial charge on any atom is 0.260 e. The summed E-state index contributed by atoms with van der Waals surface area (Å²) < 4.78 is 19.9. The average molecular weight is 293 g/mol. The highest BCUT2D eigenvalue weighted by Gasteiger charge is 2.43. The number of hydrogen-bond donors (Lipinski definition) is 1. The lowest BCUT2D eigenvalue weighted by molar-refractivity contribution is -0.151. The minimum Gasteiger partial charge on any atom is -0.508 e. The minimum absolute atomic E-state index is 0.143. The van der Waals surface area contributed by atoms with Crippen LogP contribution in [0, 0.1) is 6.92 Å². The first kappa shape index (κ1) is 14.3. The number of rotatable bonds is 1. The molecule has 0 spiro atoms. The molecule has 0 atom stereocenters. The zero-order chi connectivity index (χ0) is 15.0. The van der Waals surface area contributed by atoms with Gasteiger partial charge in [-0.25, -0.2) is 4.39 Å². The molecule has 1 N–H and O–H groups in total. The maximum atomic E-state index is 14.8. The molecule has 2 aliphatic rings. The van der Waals surface area contributed by atoms with Gasteiger partial charge in [0.25, 0.3) is 5.91 Å². The quantitative estimate of drug-likeness (QED) is 0.862. The van der Waals surface area contributed by atoms with Crippen molar-refractivity contribution >= 4 is 5.91 Å². The van der Waals surface area contributed by atoms with Gasteiger partial charge in [0.15, 0.2) is 5.67 Å². The number of carbonyl (C=O) groups is 1. The summed E-state index contributed by atoms with van der Waals surface area (Å²) in [6, 6.07) is 3.64. The third-order valence-corrected chi connectivity index (χ3v) is 4.49. The van der Waals surface area contributed by atoms with Crippen molar-refractivity contribution < 1.29 is 19.0 Å². The smallest absolute Gasteiger partial charge is 0.260 e. The molecule has 0 bridgehead atoms. The fraction of sp³-hybridized carbons (Fsp3) is 0.562. The number of phenols is 1. The maximum absolute atomic E-state index is 14.8. The van der Waals surface area contributed by atoms with E-state index in [4.69, 9.17) is 4.74 Å². The normalized spacial score (nSPS) is 21.0. The highest BCUT2D eigenvalue weighted by Crippen LogP contribution is 2.31. The lowest BCUT2D eigenvalue weighted by atomic mass is 9.92. The van der Waals surface area contributed by atoms with Crippen molar-refractivity contribution in [2.45, 2.75) is 38.4 Å². The Labute approximate surface area is 123 Å². The molecule has 0 aromatic heterocycles. The van der Waals surface area contributed by atoms with Crippen molar-refractivity contribution in [2.24, 2.45) is 0 Å². The predicted molar refractivity (Wildman–Crippen MR) is 75.9 cm³/mol. The molecule has 5 heteroatoms. The topological polar surface area (TPSA) is 49.8 Å². The van der Waals surface area contributed by atoms with Gasteiger partial charge in [0.2, 0.25) is 0 Å². The fourth-order valence-corrected chi connectivity index (χ4v) is 3.09. The summed E-state index contributed by atoms with van der Waals surface area (Å²) in [6.45, 7) is 3.35. The predicted octanol–water partition coefficient (Wildman–Crippen LogP) is 2.10. The van der Waals surface area contributed by atoms with Crippen LogP contribution in [-0.2, 0) is 22.5 Å². The van der Waals surface area contributed by atoms with E-state index in [1.54, 1.807) is 11.0 Å². The molecule has 21 heavy (non-hydrogen) atoms. The van der Waals surface area contributed by atoms with Gasteiger partial charge in [-0.3, -0.25) is 4.79 Å². The molecule has 0 radical (unpaired) electrons. The number of amides is 1. The van der Waals surface area contributed by atoms with Crippen LogP contribution in [0.25, 0.3) is 0 Å². The summed E-state index contributed by atoms with van der Waals surface area (Å²) in [7, 11) is 0. The van der Waals surface area contributed by atoms with E-state index in [1.165, 1.54) is 0 Å². The number of alkyl halides is 1. The third-order valence-electron chi connectivity index (χ3n) is 4.49. The second-order valence-electron chi connectivity index (χ2n) is 5.96. The van der Waals surface area contributed by atoms with Crippen LogP contribution >= 0.6 is 0 Å². The van der Waals surface area contributed by atoms with E-state index in [2.05, 4.69) is 0 Å². The van der Waals surface area contributed by atoms with Gasteiger partial charge in [0, 0.05) is 25.9 Å². The number of aromatic hydroxyl groups is 1. The van der Waals surface area contributed by atoms with Crippen molar-refractivity contribution in [3.05, 3.63) is 28.8 Å². The molecule has 3 rings (SSSR count). The van der Waals surface area contributed by atoms with Crippen LogP contribution in [0.1, 0.15) is 29.5 Å². The first-order valence-corrected chi connectivity index (χ1v) is 7.37. The van der Waals surface area contributed by atoms with E-state index in [9.17, 15) is 14.3 Å². The molecule has 1 fully saturated rings. The van der Waals surface area contributed by atoms with Crippen LogP contribution in [0.15, 0.2) is 12.1 Å². The minimum atomic E-state index is -1.78. The molecule has 0 aliphatic carbocycles. The molecule has 2 heterocycles. The number of carbonyl (C=O) groups excluding carboxylic acids is 1. The van der Waals surface area contributed by atoms with E-state index in [0.717, 1.165) is 16.7 Å². The molecule has 0 unspecified atom stereocenters. The van der Waals surface area contributed by atoms with Gasteiger partial charge in [0.05, 0.1) is 13.2 Å². The Morgan fingerprint density at radius 1 is 1.33 bits per heavy atom. The molecular weight excluding hydrogens is 273 g/mol. The van der Waals surface area contributed by atoms with Gasteiger partial charge in [-0.05, 0) is 36.1 Å². The number of halogens is 1. The second-order valence-corrected chi connectivity index (χ2v) is 5.96. The molecule has 1 aromatic carbocycles. The van der Waals surface area contributed by atoms with E-state index in [-0.39, 0.29) is 18.6 Å². The Morgan fingerprint density at radius 3 is 2.76 bits per heavy atom. The van der Waals surface area contributed by atoms with E-state index < -0.39 is 11.6 Å². The fourth-order valence-electron chi connectivity index (χ4n) is 3.09. The summed E-state index contributed by atoms with van der Waals surface area (Å²) in [4.78, 5) is 14.1. The molecule has 1 amide bonds. The Morgan fingerprint density at radius 2 is 2.05 bits per heavy atom. The van der Waals surface area contributed by atoms with Crippen molar-refractivity contribution in [3.63, 3.8) is 0 Å². The van der Waals surface area contributed by atoms with Gasteiger partial charge in [0.1, 0.15) is 5.75 Å². The lowest BCUT2D eigenvalue weighted by Crippen LogP contribution is -2.50. The van der Waals surface area contributed by atoms with Crippen LogP contribution in [0.4, 0.5) is 4.39 Å². The van der Waals surface area contributed by atoms with Gasteiger partial charge in [-0.1, -0.05) is 6.07 Å². The van der Waals surface area contributed by atoms with Crippen molar-refractivity contribution in [3.8, 4) is 5.75 Å². The van der Waals surface area contributed by atoms with Crippen LogP contribution in [0.2, 0.25) is 0 Å². The lowest BCUT2D eigenvalue weighted by Gasteiger charge is -2.36. The van der Waals surface area contributed by atoms with Crippen LogP contribution in [-0.4, -0.2) is 41.3 Å². The molecular formula is C16H20FNO3. The molecule has 1 aromatic rings. The Bertz CT molecular complexity index is 567. The third kappa shape index (κ3) is 2.62. The Balaban J connectivity index is 1.79. The van der Waals surface area contributed by atoms with Gasteiger partial charge < -0.3 is 14.7 Å². The number of aryl methyl sites for hydroxylation is 1. The summed E-state index contributed by atoms with van der Waals surface area (Å²) in [5.41, 5.74) is 1.05. The number of hydrogen-bond acceptors (Lipinski definition) is 3. The zero-order valence-corrected chi connectivity index (χ0v) is 12.2. The highest BCUT2D eigenvalue weighted by atomic mass is 19.1. The number of nitrogens with zero attached hydrogens (tertiary/aromatic N) is 1. The summed E-state index contributed by atoms with van der Waals surface area (Å²) in [5, 5.41) is 9.74. The second kappa shape index (κ2) is 5.30. The van der Waals surface area contributed by atoms with E-state index >= 15 is 0 Å². The Kier molecular flexibility index (Phi) is 3.61. The van der Waals surface area contributed by atoms with Gasteiger partial charge in [-0.2, -0.15) is 0 Å². The summed E-state index contributed by atoms with van der Waals surface area (Å²) >= 11 is 0. The molecule has 114 valence electrons. The largest absolute Gasteiger partial charge is 0.508 e. The molecule has 4 nitrogen and oxygen atoms in total. The standard InChI is InChI=1S/C16H20FNO3/c1-11-8-13-10-18(5-2-12(13)9-14(11)19)15(20)16(17)3-6-21-7-4-16/h8-9,19H,2-7,10H2,1H3. The average Bonchev–Trinajstić information content (AvgIpc) is 2.48. The van der Waals surface area contributed by atoms with Crippen LogP contribution < -0.4 is 0 Å². The highest BCUT2D eigenvalue weighted by molar-refractivity contribution is 5.85. The molecule has 1 saturated heterocycles. The van der Waals surface area contributed by atoms with Gasteiger partial charge in [-0.15, -0.1) is 0 Å². The molecule has 2 aliphatic heterocycles. The van der Waals surface area contributed by atoms with Crippen LogP contribution in [0.5, 0.6) is 5.75 Å². The zero-order valence-electron chi connectivity index (χ0n) is 12.2. The van der Waals surface area contributed by atoms with Crippen LogP contribution in [0.3, 0.4) is 0 Å². The molecule has 0 saturated carbocycles. The van der Waals surface area contributed by atoms with Crippen molar-refractivity contribution in [1.82, 2.24) is 4.90 Å². The first-order chi connectivity index (χ1) is 9.99. The number of benzene rings is 1. The van der Waals surface area contributed by atoms with Crippen molar-refractivity contribution in [2.75, 3.05) is 19.8 Å². The summed E-state index contributed by atoms with van der Waals surface area (Å²) in [5.74, 6) is -0.137. The van der Waals surface area contributed by atoms with Gasteiger partial charge >= 0.3 is 0 Å². The number of fused-ring (bicyclic) bond motifs is 1. The van der Waals surface area contributed by atoms with E-state index in [0.29, 0.717) is 32.7 Å². The summed E-state index contributed by atoms with van der Waals surface area (Å²) in [6.07, 6.45) is 0.940. The monoisotopic (exact) mass is 293 g/mol. The number of ether oxygens (including phenoxy) is 1. The first-order valence-electron chi connectivity index (χ1n) is 7.37.